The molecule has 0 radical (unpaired) electrons. The molecule has 0 atom stereocenters. The highest BCUT2D eigenvalue weighted by atomic mass is 79.9. The summed E-state index contributed by atoms with van der Waals surface area (Å²) in [6.45, 7) is 2.88. The van der Waals surface area contributed by atoms with E-state index in [0.29, 0.717) is 0 Å². The van der Waals surface area contributed by atoms with Crippen LogP contribution in [0.5, 0.6) is 0 Å². The van der Waals surface area contributed by atoms with Crippen LogP contribution in [0.2, 0.25) is 0 Å². The summed E-state index contributed by atoms with van der Waals surface area (Å²) in [7, 11) is 0. The van der Waals surface area contributed by atoms with Crippen molar-refractivity contribution in [3.05, 3.63) is 34.3 Å². The number of hydrogen-bond donors (Lipinski definition) is 1. The van der Waals surface area contributed by atoms with Crippen molar-refractivity contribution in [2.45, 2.75) is 18.3 Å². The monoisotopic (exact) mass is 353 g/mol. The zero-order valence-corrected chi connectivity index (χ0v) is 13.9. The van der Waals surface area contributed by atoms with Crippen LogP contribution in [0.25, 0.3) is 0 Å². The predicted octanol–water partition coefficient (Wildman–Crippen LogP) is 2.84. The first kappa shape index (κ1) is 14.3. The van der Waals surface area contributed by atoms with Gasteiger partial charge in [0.05, 0.1) is 6.54 Å². The molecule has 1 aromatic rings. The Bertz CT molecular complexity index is 508. The molecule has 3 nitrogen and oxygen atoms in total. The Hall–Kier alpha value is -0.680. The molecule has 3 rings (SSSR count). The van der Waals surface area contributed by atoms with Gasteiger partial charge in [-0.15, -0.1) is 0 Å². The second-order valence-electron chi connectivity index (χ2n) is 5.56. The Morgan fingerprint density at radius 2 is 2.10 bits per heavy atom. The molecule has 2 fully saturated rings. The highest BCUT2D eigenvalue weighted by Crippen LogP contribution is 2.48. The first-order valence-electron chi connectivity index (χ1n) is 7.08. The van der Waals surface area contributed by atoms with Crippen molar-refractivity contribution < 1.29 is 0 Å². The molecular formula is C15H20BrN3S. The molecule has 1 saturated heterocycles. The fourth-order valence-corrected chi connectivity index (χ4v) is 3.93. The normalized spacial score (nSPS) is 21.9. The second-order valence-corrected chi connectivity index (χ2v) is 7.70. The van der Waals surface area contributed by atoms with Crippen molar-refractivity contribution in [3.8, 4) is 0 Å². The van der Waals surface area contributed by atoms with Crippen molar-refractivity contribution in [1.82, 2.24) is 4.90 Å². The summed E-state index contributed by atoms with van der Waals surface area (Å²) in [6, 6.07) is 8.61. The van der Waals surface area contributed by atoms with Gasteiger partial charge in [-0.1, -0.05) is 28.1 Å². The Balaban J connectivity index is 1.68. The molecule has 1 aliphatic carbocycles. The first-order valence-corrected chi connectivity index (χ1v) is 9.03. The lowest BCUT2D eigenvalue weighted by Crippen LogP contribution is -2.43. The van der Waals surface area contributed by atoms with E-state index in [1.807, 2.05) is 11.8 Å². The number of thioether (sulfide) groups is 1. The topological polar surface area (TPSA) is 41.6 Å². The summed E-state index contributed by atoms with van der Waals surface area (Å²) < 4.78 is 1.14. The zero-order chi connectivity index (χ0) is 14.0. The minimum absolute atomic E-state index is 0.235. The molecule has 20 heavy (non-hydrogen) atoms. The van der Waals surface area contributed by atoms with Gasteiger partial charge in [0, 0.05) is 34.5 Å². The van der Waals surface area contributed by atoms with E-state index in [-0.39, 0.29) is 5.41 Å². The number of rotatable bonds is 3. The first-order chi connectivity index (χ1) is 9.70. The van der Waals surface area contributed by atoms with E-state index < -0.39 is 0 Å². The summed E-state index contributed by atoms with van der Waals surface area (Å²) in [4.78, 5) is 6.90. The van der Waals surface area contributed by atoms with Crippen LogP contribution in [0.1, 0.15) is 18.4 Å². The van der Waals surface area contributed by atoms with Gasteiger partial charge in [0.2, 0.25) is 0 Å². The van der Waals surface area contributed by atoms with Crippen LogP contribution in [-0.4, -0.2) is 42.0 Å². The third-order valence-electron chi connectivity index (χ3n) is 4.17. The lowest BCUT2D eigenvalue weighted by molar-refractivity contribution is 0.454. The fourth-order valence-electron chi connectivity index (χ4n) is 2.63. The van der Waals surface area contributed by atoms with Crippen LogP contribution in [0.15, 0.2) is 33.7 Å². The molecular weight excluding hydrogens is 334 g/mol. The Morgan fingerprint density at radius 1 is 1.35 bits per heavy atom. The van der Waals surface area contributed by atoms with Crippen LogP contribution in [0.3, 0.4) is 0 Å². The Morgan fingerprint density at radius 3 is 2.75 bits per heavy atom. The second kappa shape index (κ2) is 5.98. The van der Waals surface area contributed by atoms with Gasteiger partial charge in [-0.3, -0.25) is 4.99 Å². The van der Waals surface area contributed by atoms with Gasteiger partial charge < -0.3 is 10.6 Å². The number of benzene rings is 1. The molecule has 0 aromatic heterocycles. The van der Waals surface area contributed by atoms with Gasteiger partial charge in [0.1, 0.15) is 0 Å². The maximum atomic E-state index is 6.15. The predicted molar refractivity (Wildman–Crippen MR) is 90.4 cm³/mol. The average molecular weight is 354 g/mol. The van der Waals surface area contributed by atoms with Gasteiger partial charge >= 0.3 is 0 Å². The largest absolute Gasteiger partial charge is 0.370 e. The number of nitrogens with zero attached hydrogens (tertiary/aromatic N) is 2. The van der Waals surface area contributed by atoms with Crippen LogP contribution in [0, 0.1) is 0 Å². The van der Waals surface area contributed by atoms with Crippen molar-refractivity contribution >= 4 is 33.7 Å². The van der Waals surface area contributed by atoms with E-state index in [9.17, 15) is 0 Å². The van der Waals surface area contributed by atoms with Crippen molar-refractivity contribution in [1.29, 1.82) is 0 Å². The molecule has 5 heteroatoms. The Labute approximate surface area is 133 Å². The molecule has 0 bridgehead atoms. The molecule has 1 saturated carbocycles. The van der Waals surface area contributed by atoms with Crippen molar-refractivity contribution in [2.24, 2.45) is 10.7 Å². The summed E-state index contributed by atoms with van der Waals surface area (Å²) in [5.74, 6) is 3.05. The molecule has 0 amide bonds. The molecule has 2 aliphatic rings. The molecule has 1 aromatic carbocycles. The van der Waals surface area contributed by atoms with E-state index >= 15 is 0 Å². The number of guanidine groups is 1. The maximum absolute atomic E-state index is 6.15. The van der Waals surface area contributed by atoms with E-state index in [0.717, 1.165) is 41.6 Å². The number of halogens is 1. The van der Waals surface area contributed by atoms with Crippen LogP contribution < -0.4 is 5.73 Å². The number of nitrogens with two attached hydrogens (primary N) is 1. The smallest absolute Gasteiger partial charge is 0.191 e. The maximum Gasteiger partial charge on any atom is 0.191 e. The number of aliphatic imine (C=N–C) groups is 1. The lowest BCUT2D eigenvalue weighted by atomic mass is 9.96. The Kier molecular flexibility index (Phi) is 4.26. The van der Waals surface area contributed by atoms with Crippen molar-refractivity contribution in [3.63, 3.8) is 0 Å². The molecule has 1 aliphatic heterocycles. The summed E-state index contributed by atoms with van der Waals surface area (Å²) in [5, 5.41) is 0. The van der Waals surface area contributed by atoms with Gasteiger partial charge in [-0.25, -0.2) is 0 Å². The highest BCUT2D eigenvalue weighted by Gasteiger charge is 2.44. The van der Waals surface area contributed by atoms with Gasteiger partial charge in [0.15, 0.2) is 5.96 Å². The molecule has 1 heterocycles. The van der Waals surface area contributed by atoms with E-state index in [1.165, 1.54) is 18.4 Å². The highest BCUT2D eigenvalue weighted by molar-refractivity contribution is 9.10. The standard InChI is InChI=1S/C15H20BrN3S/c16-13-3-1-2-12(10-13)15(4-5-15)11-18-14(17)19-6-8-20-9-7-19/h1-3,10H,4-9,11H2,(H2,17,18). The van der Waals surface area contributed by atoms with Gasteiger partial charge in [0.25, 0.3) is 0 Å². The third-order valence-corrected chi connectivity index (χ3v) is 5.61. The minimum atomic E-state index is 0.235. The van der Waals surface area contributed by atoms with Crippen LogP contribution in [0.4, 0.5) is 0 Å². The van der Waals surface area contributed by atoms with E-state index in [4.69, 9.17) is 5.73 Å². The fraction of sp³-hybridized carbons (Fsp3) is 0.533. The van der Waals surface area contributed by atoms with Crippen molar-refractivity contribution in [2.75, 3.05) is 31.1 Å². The van der Waals surface area contributed by atoms with Gasteiger partial charge in [-0.05, 0) is 30.5 Å². The summed E-state index contributed by atoms with van der Waals surface area (Å²) >= 11 is 5.55. The van der Waals surface area contributed by atoms with Crippen LogP contribution >= 0.6 is 27.7 Å². The minimum Gasteiger partial charge on any atom is -0.370 e. The summed E-state index contributed by atoms with van der Waals surface area (Å²) in [5.41, 5.74) is 7.77. The van der Waals surface area contributed by atoms with E-state index in [1.54, 1.807) is 0 Å². The molecule has 0 unspecified atom stereocenters. The average Bonchev–Trinajstić information content (AvgIpc) is 3.27. The molecule has 0 spiro atoms. The summed E-state index contributed by atoms with van der Waals surface area (Å²) in [6.07, 6.45) is 2.44. The molecule has 2 N–H and O–H groups in total. The van der Waals surface area contributed by atoms with E-state index in [2.05, 4.69) is 50.1 Å². The third kappa shape index (κ3) is 3.14. The molecule has 108 valence electrons. The number of hydrogen-bond acceptors (Lipinski definition) is 2. The van der Waals surface area contributed by atoms with Gasteiger partial charge in [-0.2, -0.15) is 11.8 Å². The van der Waals surface area contributed by atoms with Crippen LogP contribution in [-0.2, 0) is 5.41 Å². The lowest BCUT2D eigenvalue weighted by Gasteiger charge is -2.27. The zero-order valence-electron chi connectivity index (χ0n) is 11.5. The SMILES string of the molecule is NC(=NCC1(c2cccc(Br)c2)CC1)N1CCSCC1. The quantitative estimate of drug-likeness (QED) is 0.670.